The van der Waals surface area contributed by atoms with Crippen LogP contribution in [-0.2, 0) is 9.53 Å². The number of halogens is 2. The van der Waals surface area contributed by atoms with Crippen molar-refractivity contribution < 1.29 is 18.3 Å². The lowest BCUT2D eigenvalue weighted by Gasteiger charge is -2.25. The van der Waals surface area contributed by atoms with E-state index < -0.39 is 17.7 Å². The summed E-state index contributed by atoms with van der Waals surface area (Å²) in [6.07, 6.45) is 0.160. The second-order valence-corrected chi connectivity index (χ2v) is 5.57. The second kappa shape index (κ2) is 6.58. The first-order chi connectivity index (χ1) is 10.6. The van der Waals surface area contributed by atoms with Crippen LogP contribution in [0.1, 0.15) is 6.42 Å². The van der Waals surface area contributed by atoms with Crippen molar-refractivity contribution in [2.75, 3.05) is 37.7 Å². The summed E-state index contributed by atoms with van der Waals surface area (Å²) in [7, 11) is 0. The van der Waals surface area contributed by atoms with Crippen molar-refractivity contribution in [2.24, 2.45) is 0 Å². The van der Waals surface area contributed by atoms with Gasteiger partial charge in [-0.15, -0.1) is 0 Å². The van der Waals surface area contributed by atoms with E-state index in [1.54, 1.807) is 4.90 Å². The molecule has 0 bridgehead atoms. The third-order valence-corrected chi connectivity index (χ3v) is 4.01. The molecule has 0 spiro atoms. The van der Waals surface area contributed by atoms with Gasteiger partial charge in [0.15, 0.2) is 0 Å². The van der Waals surface area contributed by atoms with Crippen LogP contribution in [0.3, 0.4) is 0 Å². The number of carbonyl (C=O) groups is 1. The summed E-state index contributed by atoms with van der Waals surface area (Å²) in [4.78, 5) is 13.7. The van der Waals surface area contributed by atoms with Crippen molar-refractivity contribution in [3.63, 3.8) is 0 Å². The van der Waals surface area contributed by atoms with E-state index in [4.69, 9.17) is 4.74 Å². The minimum Gasteiger partial charge on any atom is -0.366 e. The lowest BCUT2D eigenvalue weighted by molar-refractivity contribution is -0.134. The van der Waals surface area contributed by atoms with Gasteiger partial charge in [0.2, 0.25) is 0 Å². The first kappa shape index (κ1) is 15.2. The van der Waals surface area contributed by atoms with E-state index in [-0.39, 0.29) is 17.6 Å². The summed E-state index contributed by atoms with van der Waals surface area (Å²) in [5, 5.41) is 5.99. The maximum Gasteiger partial charge on any atom is 0.250 e. The summed E-state index contributed by atoms with van der Waals surface area (Å²) in [5.74, 6) is -1.33. The summed E-state index contributed by atoms with van der Waals surface area (Å²) in [6, 6.07) is 3.70. The van der Waals surface area contributed by atoms with Gasteiger partial charge in [-0.05, 0) is 18.6 Å². The molecule has 0 aromatic heterocycles. The molecular weight excluding hydrogens is 292 g/mol. The van der Waals surface area contributed by atoms with E-state index in [1.807, 2.05) is 0 Å². The van der Waals surface area contributed by atoms with Gasteiger partial charge in [0.05, 0.1) is 6.61 Å². The fourth-order valence-corrected chi connectivity index (χ4v) is 2.90. The molecule has 2 atom stereocenters. The molecule has 22 heavy (non-hydrogen) atoms. The van der Waals surface area contributed by atoms with E-state index in [9.17, 15) is 13.6 Å². The molecule has 2 aliphatic rings. The number of hydrogen-bond acceptors (Lipinski definition) is 4. The third-order valence-electron chi connectivity index (χ3n) is 4.01. The van der Waals surface area contributed by atoms with E-state index in [0.29, 0.717) is 32.7 Å². The smallest absolute Gasteiger partial charge is 0.250 e. The predicted octanol–water partition coefficient (Wildman–Crippen LogP) is 0.648. The Balaban J connectivity index is 1.59. The van der Waals surface area contributed by atoms with Crippen LogP contribution in [0.25, 0.3) is 0 Å². The van der Waals surface area contributed by atoms with Crippen molar-refractivity contribution >= 4 is 11.6 Å². The molecular formula is C15H19F2N3O2. The standard InChI is InChI=1S/C15H19F2N3O2/c16-11-2-1-3-12(17)14(11)20-6-4-10(9-20)19-15(21)13-8-18-5-7-22-13/h1-3,10,13,18H,4-9H2,(H,19,21). The fraction of sp³-hybridized carbons (Fsp3) is 0.533. The summed E-state index contributed by atoms with van der Waals surface area (Å²) < 4.78 is 33.0. The lowest BCUT2D eigenvalue weighted by Crippen LogP contribution is -2.50. The van der Waals surface area contributed by atoms with E-state index >= 15 is 0 Å². The number of hydrogen-bond donors (Lipinski definition) is 2. The van der Waals surface area contributed by atoms with Crippen molar-refractivity contribution in [2.45, 2.75) is 18.6 Å². The van der Waals surface area contributed by atoms with E-state index in [2.05, 4.69) is 10.6 Å². The van der Waals surface area contributed by atoms with Crippen LogP contribution in [-0.4, -0.2) is 50.8 Å². The van der Waals surface area contributed by atoms with Gasteiger partial charge in [-0.3, -0.25) is 4.79 Å². The Morgan fingerprint density at radius 1 is 1.36 bits per heavy atom. The van der Waals surface area contributed by atoms with Crippen molar-refractivity contribution in [1.29, 1.82) is 0 Å². The number of amides is 1. The molecule has 2 unspecified atom stereocenters. The molecule has 5 nitrogen and oxygen atoms in total. The van der Waals surface area contributed by atoms with Gasteiger partial charge in [0, 0.05) is 32.2 Å². The zero-order valence-corrected chi connectivity index (χ0v) is 12.1. The Bertz CT molecular complexity index is 529. The molecule has 1 amide bonds. The quantitative estimate of drug-likeness (QED) is 0.860. The zero-order chi connectivity index (χ0) is 15.5. The average Bonchev–Trinajstić information content (AvgIpc) is 2.96. The van der Waals surface area contributed by atoms with Crippen LogP contribution in [0.5, 0.6) is 0 Å². The molecule has 0 aliphatic carbocycles. The van der Waals surface area contributed by atoms with Crippen LogP contribution in [0.4, 0.5) is 14.5 Å². The van der Waals surface area contributed by atoms with Crippen molar-refractivity contribution in [3.05, 3.63) is 29.8 Å². The van der Waals surface area contributed by atoms with Gasteiger partial charge in [0.1, 0.15) is 23.4 Å². The molecule has 0 saturated carbocycles. The minimum absolute atomic E-state index is 0.0187. The van der Waals surface area contributed by atoms with E-state index in [0.717, 1.165) is 6.54 Å². The van der Waals surface area contributed by atoms with Gasteiger partial charge >= 0.3 is 0 Å². The molecule has 2 fully saturated rings. The number of para-hydroxylation sites is 1. The maximum absolute atomic E-state index is 13.8. The topological polar surface area (TPSA) is 53.6 Å². The fourth-order valence-electron chi connectivity index (χ4n) is 2.90. The third kappa shape index (κ3) is 3.20. The Kier molecular flexibility index (Phi) is 4.54. The number of ether oxygens (including phenoxy) is 1. The Morgan fingerprint density at radius 2 is 2.14 bits per heavy atom. The van der Waals surface area contributed by atoms with Crippen molar-refractivity contribution in [1.82, 2.24) is 10.6 Å². The molecule has 120 valence electrons. The highest BCUT2D eigenvalue weighted by molar-refractivity contribution is 5.81. The van der Waals surface area contributed by atoms with Crippen LogP contribution < -0.4 is 15.5 Å². The van der Waals surface area contributed by atoms with Crippen LogP contribution >= 0.6 is 0 Å². The summed E-state index contributed by atoms with van der Waals surface area (Å²) in [5.41, 5.74) is -0.0187. The molecule has 2 N–H and O–H groups in total. The first-order valence-corrected chi connectivity index (χ1v) is 7.47. The number of carbonyl (C=O) groups excluding carboxylic acids is 1. The first-order valence-electron chi connectivity index (χ1n) is 7.47. The molecule has 3 rings (SSSR count). The maximum atomic E-state index is 13.8. The molecule has 0 radical (unpaired) electrons. The Morgan fingerprint density at radius 3 is 2.82 bits per heavy atom. The Labute approximate surface area is 127 Å². The summed E-state index contributed by atoms with van der Waals surface area (Å²) in [6.45, 7) is 2.64. The number of rotatable bonds is 3. The minimum atomic E-state index is -0.577. The largest absolute Gasteiger partial charge is 0.366 e. The number of benzene rings is 1. The molecule has 2 aliphatic heterocycles. The van der Waals surface area contributed by atoms with Crippen LogP contribution in [0.15, 0.2) is 18.2 Å². The van der Waals surface area contributed by atoms with Crippen LogP contribution in [0, 0.1) is 11.6 Å². The van der Waals surface area contributed by atoms with Gasteiger partial charge in [-0.1, -0.05) is 6.07 Å². The lowest BCUT2D eigenvalue weighted by atomic mass is 10.2. The van der Waals surface area contributed by atoms with Crippen LogP contribution in [0.2, 0.25) is 0 Å². The van der Waals surface area contributed by atoms with Gasteiger partial charge < -0.3 is 20.3 Å². The van der Waals surface area contributed by atoms with Gasteiger partial charge in [-0.2, -0.15) is 0 Å². The summed E-state index contributed by atoms with van der Waals surface area (Å²) >= 11 is 0. The molecule has 1 aromatic rings. The van der Waals surface area contributed by atoms with Gasteiger partial charge in [-0.25, -0.2) is 8.78 Å². The highest BCUT2D eigenvalue weighted by Gasteiger charge is 2.30. The highest BCUT2D eigenvalue weighted by Crippen LogP contribution is 2.26. The average molecular weight is 311 g/mol. The SMILES string of the molecule is O=C(NC1CCN(c2c(F)cccc2F)C1)C1CNCCO1. The normalized spacial score (nSPS) is 25.3. The zero-order valence-electron chi connectivity index (χ0n) is 12.1. The Hall–Kier alpha value is -1.73. The highest BCUT2D eigenvalue weighted by atomic mass is 19.1. The molecule has 2 heterocycles. The molecule has 2 saturated heterocycles. The predicted molar refractivity (Wildman–Crippen MR) is 77.7 cm³/mol. The number of anilines is 1. The number of nitrogens with zero attached hydrogens (tertiary/aromatic N) is 1. The van der Waals surface area contributed by atoms with Crippen molar-refractivity contribution in [3.8, 4) is 0 Å². The number of morpholine rings is 1. The second-order valence-electron chi connectivity index (χ2n) is 5.57. The van der Waals surface area contributed by atoms with Gasteiger partial charge in [0.25, 0.3) is 5.91 Å². The van der Waals surface area contributed by atoms with E-state index in [1.165, 1.54) is 18.2 Å². The monoisotopic (exact) mass is 311 g/mol. The number of nitrogens with one attached hydrogen (secondary N) is 2. The molecule has 7 heteroatoms. The molecule has 1 aromatic carbocycles.